The third kappa shape index (κ3) is 7.69. The molecule has 1 fully saturated rings. The maximum absolute atomic E-state index is 14.0. The van der Waals surface area contributed by atoms with Gasteiger partial charge in [-0.25, -0.2) is 13.6 Å². The van der Waals surface area contributed by atoms with Crippen molar-refractivity contribution in [3.05, 3.63) is 35.4 Å². The average Bonchev–Trinajstić information content (AvgIpc) is 2.75. The molecule has 12 heteroatoms. The number of carboxylic acids is 1. The summed E-state index contributed by atoms with van der Waals surface area (Å²) in [6, 6.07) is 3.43. The lowest BCUT2D eigenvalue weighted by Crippen LogP contribution is -2.44. The van der Waals surface area contributed by atoms with Crippen LogP contribution in [0.4, 0.5) is 22.0 Å². The van der Waals surface area contributed by atoms with Gasteiger partial charge in [-0.2, -0.15) is 13.2 Å². The number of halogens is 5. The topological polar surface area (TPSA) is 101 Å². The van der Waals surface area contributed by atoms with Gasteiger partial charge in [-0.1, -0.05) is 12.1 Å². The van der Waals surface area contributed by atoms with Crippen LogP contribution in [0.25, 0.3) is 0 Å². The van der Waals surface area contributed by atoms with Crippen molar-refractivity contribution in [3.8, 4) is 0 Å². The van der Waals surface area contributed by atoms with E-state index in [1.165, 1.54) is 11.0 Å². The first-order valence-electron chi connectivity index (χ1n) is 8.43. The number of rotatable bonds is 4. The lowest BCUT2D eigenvalue weighted by atomic mass is 9.93. The molecule has 1 heterocycles. The Labute approximate surface area is 166 Å². The zero-order valence-electron chi connectivity index (χ0n) is 15.4. The molecule has 1 aromatic rings. The van der Waals surface area contributed by atoms with Crippen LogP contribution in [0.5, 0.6) is 0 Å². The lowest BCUT2D eigenvalue weighted by Gasteiger charge is -2.25. The number of benzene rings is 1. The molecule has 1 aliphatic heterocycles. The molecule has 0 aromatic heterocycles. The van der Waals surface area contributed by atoms with Crippen LogP contribution in [0.2, 0.25) is 0 Å². The van der Waals surface area contributed by atoms with Crippen LogP contribution in [-0.2, 0) is 20.4 Å². The summed E-state index contributed by atoms with van der Waals surface area (Å²) >= 11 is 0. The first-order valence-corrected chi connectivity index (χ1v) is 10.2. The Hall–Kier alpha value is -2.08. The Morgan fingerprint density at radius 3 is 2.41 bits per heavy atom. The number of nitrogens with zero attached hydrogens (tertiary/aromatic N) is 1. The maximum Gasteiger partial charge on any atom is 0.490 e. The van der Waals surface area contributed by atoms with Crippen molar-refractivity contribution in [1.82, 2.24) is 4.90 Å². The van der Waals surface area contributed by atoms with Crippen LogP contribution in [0.1, 0.15) is 24.3 Å². The summed E-state index contributed by atoms with van der Waals surface area (Å²) < 4.78 is 70.4. The highest BCUT2D eigenvalue weighted by atomic mass is 32.2. The van der Waals surface area contributed by atoms with Gasteiger partial charge in [0.2, 0.25) is 5.91 Å². The molecule has 1 aliphatic rings. The third-order valence-electron chi connectivity index (χ3n) is 4.21. The van der Waals surface area contributed by atoms with Crippen LogP contribution >= 0.6 is 0 Å². The fourth-order valence-electron chi connectivity index (χ4n) is 2.72. The Balaban J connectivity index is 0.000000516. The van der Waals surface area contributed by atoms with Crippen molar-refractivity contribution in [2.75, 3.05) is 25.1 Å². The molecule has 0 radical (unpaired) electrons. The van der Waals surface area contributed by atoms with Crippen LogP contribution in [-0.4, -0.2) is 63.4 Å². The summed E-state index contributed by atoms with van der Waals surface area (Å²) in [7, 11) is -1.03. The molecule has 1 saturated heterocycles. The zero-order valence-corrected chi connectivity index (χ0v) is 16.2. The summed E-state index contributed by atoms with van der Waals surface area (Å²) in [4.78, 5) is 22.6. The van der Waals surface area contributed by atoms with E-state index in [4.69, 9.17) is 15.6 Å². The number of nitrogens with two attached hydrogens (primary N) is 1. The van der Waals surface area contributed by atoms with Gasteiger partial charge in [0.1, 0.15) is 0 Å². The molecule has 1 amide bonds. The fourth-order valence-corrected chi connectivity index (χ4v) is 3.19. The Morgan fingerprint density at radius 1 is 1.31 bits per heavy atom. The van der Waals surface area contributed by atoms with Crippen molar-refractivity contribution < 1.29 is 40.9 Å². The number of carboxylic acid groups (broad SMARTS) is 1. The van der Waals surface area contributed by atoms with E-state index < -0.39 is 40.6 Å². The summed E-state index contributed by atoms with van der Waals surface area (Å²) in [6.07, 6.45) is -2.59. The van der Waals surface area contributed by atoms with E-state index in [2.05, 4.69) is 0 Å². The Kier molecular flexibility index (Phi) is 9.14. The van der Waals surface area contributed by atoms with Crippen LogP contribution in [0, 0.1) is 11.6 Å². The zero-order chi connectivity index (χ0) is 22.4. The van der Waals surface area contributed by atoms with E-state index in [0.29, 0.717) is 25.1 Å². The van der Waals surface area contributed by atoms with E-state index in [0.717, 1.165) is 6.07 Å². The molecule has 0 saturated carbocycles. The number of aliphatic carboxylic acids is 1. The molecule has 2 rings (SSSR count). The van der Waals surface area contributed by atoms with Gasteiger partial charge >= 0.3 is 12.1 Å². The minimum atomic E-state index is -5.08. The minimum absolute atomic E-state index is 0.218. The first-order chi connectivity index (χ1) is 13.3. The highest BCUT2D eigenvalue weighted by Crippen LogP contribution is 2.29. The second-order valence-corrected chi connectivity index (χ2v) is 7.94. The summed E-state index contributed by atoms with van der Waals surface area (Å²) in [5.41, 5.74) is 6.12. The van der Waals surface area contributed by atoms with E-state index in [1.807, 2.05) is 0 Å². The molecule has 3 N–H and O–H groups in total. The summed E-state index contributed by atoms with van der Waals surface area (Å²) in [5.74, 6) is -4.69. The van der Waals surface area contributed by atoms with Gasteiger partial charge in [-0.05, 0) is 24.5 Å². The smallest absolute Gasteiger partial charge is 0.475 e. The van der Waals surface area contributed by atoms with E-state index >= 15 is 0 Å². The molecule has 164 valence electrons. The minimum Gasteiger partial charge on any atom is -0.475 e. The molecular weight excluding hydrogens is 423 g/mol. The van der Waals surface area contributed by atoms with Crippen molar-refractivity contribution in [2.45, 2.75) is 31.0 Å². The summed E-state index contributed by atoms with van der Waals surface area (Å²) in [5, 5.41) is 7.12. The van der Waals surface area contributed by atoms with Crippen LogP contribution in [0.3, 0.4) is 0 Å². The molecule has 0 bridgehead atoms. The van der Waals surface area contributed by atoms with E-state index in [9.17, 15) is 31.0 Å². The van der Waals surface area contributed by atoms with Crippen molar-refractivity contribution in [1.29, 1.82) is 0 Å². The highest BCUT2D eigenvalue weighted by molar-refractivity contribution is 7.84. The molecule has 3 atom stereocenters. The summed E-state index contributed by atoms with van der Waals surface area (Å²) in [6.45, 7) is 0.577. The van der Waals surface area contributed by atoms with Gasteiger partial charge in [0.15, 0.2) is 11.6 Å². The predicted molar refractivity (Wildman–Crippen MR) is 95.5 cm³/mol. The van der Waals surface area contributed by atoms with Crippen LogP contribution in [0.15, 0.2) is 18.2 Å². The molecular formula is C17H21F5N2O4S. The maximum atomic E-state index is 14.0. The number of hydrogen-bond acceptors (Lipinski definition) is 4. The highest BCUT2D eigenvalue weighted by Gasteiger charge is 2.38. The molecule has 0 aliphatic carbocycles. The van der Waals surface area contributed by atoms with Crippen LogP contribution < -0.4 is 5.73 Å². The molecule has 6 nitrogen and oxygen atoms in total. The van der Waals surface area contributed by atoms with E-state index in [-0.39, 0.29) is 23.9 Å². The predicted octanol–water partition coefficient (Wildman–Crippen LogP) is 2.01. The average molecular weight is 444 g/mol. The Morgan fingerprint density at radius 2 is 1.90 bits per heavy atom. The second-order valence-electron chi connectivity index (χ2n) is 6.39. The number of alkyl halides is 3. The number of amides is 1. The number of likely N-dealkylation sites (tertiary alicyclic amines) is 1. The van der Waals surface area contributed by atoms with Gasteiger partial charge in [-0.15, -0.1) is 0 Å². The fraction of sp³-hybridized carbons (Fsp3) is 0.529. The van der Waals surface area contributed by atoms with E-state index in [1.54, 1.807) is 12.3 Å². The number of hydrogen-bond donors (Lipinski definition) is 2. The first kappa shape index (κ1) is 25.0. The van der Waals surface area contributed by atoms with Crippen molar-refractivity contribution >= 4 is 22.7 Å². The van der Waals surface area contributed by atoms with Crippen molar-refractivity contribution in [2.24, 2.45) is 5.73 Å². The second kappa shape index (κ2) is 10.6. The van der Waals surface area contributed by atoms with Gasteiger partial charge in [-0.3, -0.25) is 9.00 Å². The quantitative estimate of drug-likeness (QED) is 0.692. The molecule has 1 aromatic carbocycles. The van der Waals surface area contributed by atoms with Gasteiger partial charge in [0.25, 0.3) is 0 Å². The SMILES string of the molecule is CS(=O)CCN1C[C@H](c2cccc(F)c2F)CC[C@@H](N)C1=O.O=C(O)C(F)(F)F. The largest absolute Gasteiger partial charge is 0.490 e. The lowest BCUT2D eigenvalue weighted by molar-refractivity contribution is -0.192. The van der Waals surface area contributed by atoms with Gasteiger partial charge < -0.3 is 15.7 Å². The number of carbonyl (C=O) groups is 2. The monoisotopic (exact) mass is 444 g/mol. The van der Waals surface area contributed by atoms with Gasteiger partial charge in [0, 0.05) is 41.8 Å². The molecule has 29 heavy (non-hydrogen) atoms. The van der Waals surface area contributed by atoms with Gasteiger partial charge in [0.05, 0.1) is 6.04 Å². The normalized spacial score (nSPS) is 21.1. The standard InChI is InChI=1S/C15H20F2N2O2S.C2HF3O2/c1-22(21)8-7-19-9-10(5-6-13(18)15(19)20)11-3-2-4-12(16)14(11)17;3-2(4,5)1(6)7/h2-4,10,13H,5-9,18H2,1H3;(H,6,7)/t10-,13-,22?;/m1./s1. The third-order valence-corrected chi connectivity index (χ3v) is 4.97. The molecule has 0 spiro atoms. The Bertz CT molecular complexity index is 760. The number of carbonyl (C=O) groups excluding carboxylic acids is 1. The van der Waals surface area contributed by atoms with Crippen molar-refractivity contribution in [3.63, 3.8) is 0 Å². The molecule has 1 unspecified atom stereocenters.